The number of thiazole rings is 1. The highest BCUT2D eigenvalue weighted by Gasteiger charge is 2.11. The lowest BCUT2D eigenvalue weighted by Gasteiger charge is -1.97. The molecule has 1 heterocycles. The Balaban J connectivity index is 2.80. The van der Waals surface area contributed by atoms with Crippen molar-refractivity contribution in [3.63, 3.8) is 0 Å². The average molecular weight is 199 g/mol. The molecule has 0 aliphatic rings. The second-order valence-electron chi connectivity index (χ2n) is 2.71. The summed E-state index contributed by atoms with van der Waals surface area (Å²) >= 11 is 1.57. The van der Waals surface area contributed by atoms with Gasteiger partial charge in [-0.1, -0.05) is 6.92 Å². The third-order valence-electron chi connectivity index (χ3n) is 1.75. The highest BCUT2D eigenvalue weighted by atomic mass is 32.1. The van der Waals surface area contributed by atoms with Crippen molar-refractivity contribution in [3.8, 4) is 0 Å². The van der Waals surface area contributed by atoms with Gasteiger partial charge in [0.1, 0.15) is 0 Å². The molecule has 0 aliphatic heterocycles. The number of hydrogen-bond donors (Lipinski definition) is 0. The third kappa shape index (κ3) is 2.52. The smallest absolute Gasteiger partial charge is 0.310 e. The second kappa shape index (κ2) is 4.37. The Morgan fingerprint density at radius 3 is 2.85 bits per heavy atom. The van der Waals surface area contributed by atoms with Gasteiger partial charge in [0.15, 0.2) is 0 Å². The predicted octanol–water partition coefficient (Wildman–Crippen LogP) is 1.73. The number of carbonyl (C=O) groups is 1. The van der Waals surface area contributed by atoms with Crippen molar-refractivity contribution in [3.05, 3.63) is 15.6 Å². The number of ether oxygens (including phenoxy) is 1. The Bertz CT molecular complexity index is 307. The predicted molar refractivity (Wildman–Crippen MR) is 51.9 cm³/mol. The van der Waals surface area contributed by atoms with Crippen LogP contribution in [0.5, 0.6) is 0 Å². The van der Waals surface area contributed by atoms with Gasteiger partial charge in [-0.25, -0.2) is 4.98 Å². The molecule has 0 spiro atoms. The summed E-state index contributed by atoms with van der Waals surface area (Å²) in [5.41, 5.74) is 1.02. The maximum absolute atomic E-state index is 11.0. The molecule has 13 heavy (non-hydrogen) atoms. The van der Waals surface area contributed by atoms with E-state index in [0.717, 1.165) is 22.0 Å². The lowest BCUT2D eigenvalue weighted by atomic mass is 10.2. The SMILES string of the molecule is CCc1nc(C)sc1CC(=O)OC. The first kappa shape index (κ1) is 10.2. The number of methoxy groups -OCH3 is 1. The molecule has 1 aromatic heterocycles. The Morgan fingerprint density at radius 1 is 1.62 bits per heavy atom. The summed E-state index contributed by atoms with van der Waals surface area (Å²) in [6.45, 7) is 3.99. The molecule has 4 heteroatoms. The van der Waals surface area contributed by atoms with E-state index in [2.05, 4.69) is 9.72 Å². The van der Waals surface area contributed by atoms with Crippen LogP contribution in [0.3, 0.4) is 0 Å². The van der Waals surface area contributed by atoms with Gasteiger partial charge in [-0.2, -0.15) is 0 Å². The molecule has 0 radical (unpaired) electrons. The minimum Gasteiger partial charge on any atom is -0.469 e. The molecule has 0 saturated heterocycles. The molecule has 72 valence electrons. The molecule has 0 N–H and O–H groups in total. The first-order valence-corrected chi connectivity index (χ1v) is 5.01. The lowest BCUT2D eigenvalue weighted by molar-refractivity contribution is -0.139. The van der Waals surface area contributed by atoms with Crippen LogP contribution in [-0.4, -0.2) is 18.1 Å². The zero-order valence-corrected chi connectivity index (χ0v) is 8.90. The first-order chi connectivity index (χ1) is 6.17. The molecule has 0 bridgehead atoms. The van der Waals surface area contributed by atoms with E-state index in [-0.39, 0.29) is 5.97 Å². The number of aromatic nitrogens is 1. The van der Waals surface area contributed by atoms with Gasteiger partial charge < -0.3 is 4.74 Å². The van der Waals surface area contributed by atoms with Crippen molar-refractivity contribution >= 4 is 17.3 Å². The van der Waals surface area contributed by atoms with Crippen LogP contribution < -0.4 is 0 Å². The number of rotatable bonds is 3. The number of aryl methyl sites for hydroxylation is 2. The first-order valence-electron chi connectivity index (χ1n) is 4.19. The van der Waals surface area contributed by atoms with Crippen LogP contribution in [0.25, 0.3) is 0 Å². The summed E-state index contributed by atoms with van der Waals surface area (Å²) in [6.07, 6.45) is 1.22. The Labute approximate surface area is 81.8 Å². The molecule has 0 saturated carbocycles. The van der Waals surface area contributed by atoms with Crippen LogP contribution >= 0.6 is 11.3 Å². The van der Waals surface area contributed by atoms with Crippen LogP contribution in [0.1, 0.15) is 22.5 Å². The Kier molecular flexibility index (Phi) is 3.42. The van der Waals surface area contributed by atoms with Crippen molar-refractivity contribution in [2.45, 2.75) is 26.7 Å². The molecule has 0 aromatic carbocycles. The zero-order chi connectivity index (χ0) is 9.84. The lowest BCUT2D eigenvalue weighted by Crippen LogP contribution is -2.04. The Morgan fingerprint density at radius 2 is 2.31 bits per heavy atom. The van der Waals surface area contributed by atoms with Gasteiger partial charge in [0, 0.05) is 4.88 Å². The van der Waals surface area contributed by atoms with Gasteiger partial charge >= 0.3 is 5.97 Å². The summed E-state index contributed by atoms with van der Waals surface area (Å²) in [6, 6.07) is 0. The van der Waals surface area contributed by atoms with Gasteiger partial charge in [0.25, 0.3) is 0 Å². The topological polar surface area (TPSA) is 39.2 Å². The van der Waals surface area contributed by atoms with E-state index in [9.17, 15) is 4.79 Å². The molecule has 1 aromatic rings. The highest BCUT2D eigenvalue weighted by molar-refractivity contribution is 7.11. The molecule has 1 rings (SSSR count). The fraction of sp³-hybridized carbons (Fsp3) is 0.556. The fourth-order valence-electron chi connectivity index (χ4n) is 1.13. The molecule has 3 nitrogen and oxygen atoms in total. The minimum atomic E-state index is -0.196. The number of nitrogens with zero attached hydrogens (tertiary/aromatic N) is 1. The van der Waals surface area contributed by atoms with Gasteiger partial charge in [-0.05, 0) is 13.3 Å². The van der Waals surface area contributed by atoms with E-state index in [4.69, 9.17) is 0 Å². The maximum atomic E-state index is 11.0. The molecule has 0 aliphatic carbocycles. The van der Waals surface area contributed by atoms with E-state index in [1.165, 1.54) is 7.11 Å². The molecule has 0 atom stereocenters. The average Bonchev–Trinajstić information content (AvgIpc) is 2.46. The summed E-state index contributed by atoms with van der Waals surface area (Å²) < 4.78 is 4.60. The third-order valence-corrected chi connectivity index (χ3v) is 2.77. The van der Waals surface area contributed by atoms with E-state index in [0.29, 0.717) is 6.42 Å². The van der Waals surface area contributed by atoms with E-state index < -0.39 is 0 Å². The largest absolute Gasteiger partial charge is 0.469 e. The van der Waals surface area contributed by atoms with Crippen molar-refractivity contribution in [1.82, 2.24) is 4.98 Å². The van der Waals surface area contributed by atoms with E-state index >= 15 is 0 Å². The van der Waals surface area contributed by atoms with Gasteiger partial charge in [0.2, 0.25) is 0 Å². The molecular formula is C9H13NO2S. The van der Waals surface area contributed by atoms with Crippen molar-refractivity contribution in [2.75, 3.05) is 7.11 Å². The van der Waals surface area contributed by atoms with Gasteiger partial charge in [0.05, 0.1) is 24.2 Å². The van der Waals surface area contributed by atoms with Crippen LogP contribution in [0.2, 0.25) is 0 Å². The molecule has 0 amide bonds. The monoisotopic (exact) mass is 199 g/mol. The number of hydrogen-bond acceptors (Lipinski definition) is 4. The summed E-state index contributed by atoms with van der Waals surface area (Å²) in [4.78, 5) is 16.4. The standard InChI is InChI=1S/C9H13NO2S/c1-4-7-8(5-9(11)12-3)13-6(2)10-7/h4-5H2,1-3H3. The highest BCUT2D eigenvalue weighted by Crippen LogP contribution is 2.19. The van der Waals surface area contributed by atoms with Crippen LogP contribution in [0.15, 0.2) is 0 Å². The van der Waals surface area contributed by atoms with Crippen molar-refractivity contribution in [2.24, 2.45) is 0 Å². The molecule has 0 fully saturated rings. The minimum absolute atomic E-state index is 0.196. The van der Waals surface area contributed by atoms with Gasteiger partial charge in [-0.3, -0.25) is 4.79 Å². The van der Waals surface area contributed by atoms with Crippen molar-refractivity contribution in [1.29, 1.82) is 0 Å². The van der Waals surface area contributed by atoms with E-state index in [1.807, 2.05) is 13.8 Å². The van der Waals surface area contributed by atoms with Gasteiger partial charge in [-0.15, -0.1) is 11.3 Å². The fourth-order valence-corrected chi connectivity index (χ4v) is 2.14. The van der Waals surface area contributed by atoms with Crippen LogP contribution in [0.4, 0.5) is 0 Å². The maximum Gasteiger partial charge on any atom is 0.310 e. The second-order valence-corrected chi connectivity index (χ2v) is 4.00. The molecular weight excluding hydrogens is 186 g/mol. The summed E-state index contributed by atoms with van der Waals surface area (Å²) in [5, 5.41) is 1.01. The normalized spacial score (nSPS) is 10.1. The summed E-state index contributed by atoms with van der Waals surface area (Å²) in [7, 11) is 1.40. The number of esters is 1. The summed E-state index contributed by atoms with van der Waals surface area (Å²) in [5.74, 6) is -0.196. The molecule has 0 unspecified atom stereocenters. The van der Waals surface area contributed by atoms with E-state index in [1.54, 1.807) is 11.3 Å². The Hall–Kier alpha value is -0.900. The van der Waals surface area contributed by atoms with Crippen LogP contribution in [-0.2, 0) is 22.4 Å². The van der Waals surface area contributed by atoms with Crippen LogP contribution in [0, 0.1) is 6.92 Å². The number of carbonyl (C=O) groups excluding carboxylic acids is 1. The van der Waals surface area contributed by atoms with Crippen molar-refractivity contribution < 1.29 is 9.53 Å². The zero-order valence-electron chi connectivity index (χ0n) is 8.09. The quantitative estimate of drug-likeness (QED) is 0.696.